The second-order valence-electron chi connectivity index (χ2n) is 2.16. The molecule has 4 heteroatoms. The van der Waals surface area contributed by atoms with Crippen molar-refractivity contribution >= 4 is 24.1 Å². The predicted molar refractivity (Wildman–Crippen MR) is 46.7 cm³/mol. The van der Waals surface area contributed by atoms with E-state index in [9.17, 15) is 4.79 Å². The highest BCUT2D eigenvalue weighted by Gasteiger charge is 2.03. The van der Waals surface area contributed by atoms with Crippen molar-refractivity contribution in [2.45, 2.75) is 6.61 Å². The van der Waals surface area contributed by atoms with Crippen LogP contribution in [0.4, 0.5) is 0 Å². The number of ether oxygens (including phenoxy) is 1. The van der Waals surface area contributed by atoms with Gasteiger partial charge in [0.05, 0.1) is 10.7 Å². The van der Waals surface area contributed by atoms with Crippen LogP contribution < -0.4 is 0 Å². The molecule has 1 heterocycles. The fourth-order valence-corrected chi connectivity index (χ4v) is 1.05. The molecule has 1 aromatic rings. The van der Waals surface area contributed by atoms with Crippen LogP contribution in [0.5, 0.6) is 0 Å². The van der Waals surface area contributed by atoms with Crippen molar-refractivity contribution in [1.82, 2.24) is 4.98 Å². The summed E-state index contributed by atoms with van der Waals surface area (Å²) in [5, 5.41) is 0.548. The lowest BCUT2D eigenvalue weighted by Gasteiger charge is -1.95. The molecule has 0 saturated carbocycles. The van der Waals surface area contributed by atoms with Gasteiger partial charge in [0.15, 0.2) is 0 Å². The summed E-state index contributed by atoms with van der Waals surface area (Å²) in [6, 6.07) is 1.72. The van der Waals surface area contributed by atoms with Gasteiger partial charge in [-0.1, -0.05) is 18.2 Å². The van der Waals surface area contributed by atoms with E-state index in [0.717, 1.165) is 5.69 Å². The lowest BCUT2D eigenvalue weighted by atomic mass is 10.4. The summed E-state index contributed by atoms with van der Waals surface area (Å²) in [7, 11) is 0. The zero-order valence-corrected chi connectivity index (χ0v) is 7.10. The SMILES string of the molecule is C=Cc1cc(Cl)c(COC=O)[nH]1. The molecular formula is C8H8ClNO2. The van der Waals surface area contributed by atoms with Crippen LogP contribution in [0, 0.1) is 0 Å². The first-order chi connectivity index (χ1) is 5.77. The molecule has 0 atom stereocenters. The van der Waals surface area contributed by atoms with Gasteiger partial charge in [-0.05, 0) is 12.1 Å². The number of nitrogens with one attached hydrogen (secondary N) is 1. The van der Waals surface area contributed by atoms with Crippen LogP contribution in [0.25, 0.3) is 6.08 Å². The third-order valence-corrected chi connectivity index (χ3v) is 1.72. The Bertz CT molecular complexity index is 293. The van der Waals surface area contributed by atoms with Crippen molar-refractivity contribution in [3.05, 3.63) is 29.1 Å². The maximum Gasteiger partial charge on any atom is 0.293 e. The molecule has 0 aromatic carbocycles. The summed E-state index contributed by atoms with van der Waals surface area (Å²) >= 11 is 5.78. The molecule has 3 nitrogen and oxygen atoms in total. The lowest BCUT2D eigenvalue weighted by Crippen LogP contribution is -1.90. The van der Waals surface area contributed by atoms with Gasteiger partial charge in [0.25, 0.3) is 6.47 Å². The number of rotatable bonds is 4. The molecule has 1 rings (SSSR count). The number of halogens is 1. The minimum Gasteiger partial charge on any atom is -0.461 e. The molecule has 0 saturated heterocycles. The number of carbonyl (C=O) groups is 1. The summed E-state index contributed by atoms with van der Waals surface area (Å²) < 4.78 is 4.53. The van der Waals surface area contributed by atoms with E-state index in [2.05, 4.69) is 16.3 Å². The Balaban J connectivity index is 2.76. The number of hydrogen-bond donors (Lipinski definition) is 1. The molecule has 1 N–H and O–H groups in total. The van der Waals surface area contributed by atoms with Crippen LogP contribution in [0.15, 0.2) is 12.6 Å². The van der Waals surface area contributed by atoms with Crippen molar-refractivity contribution in [2.75, 3.05) is 0 Å². The second-order valence-corrected chi connectivity index (χ2v) is 2.57. The zero-order valence-electron chi connectivity index (χ0n) is 6.34. The molecule has 12 heavy (non-hydrogen) atoms. The van der Waals surface area contributed by atoms with Crippen LogP contribution >= 0.6 is 11.6 Å². The molecule has 0 bridgehead atoms. The Morgan fingerprint density at radius 2 is 2.50 bits per heavy atom. The van der Waals surface area contributed by atoms with Gasteiger partial charge < -0.3 is 9.72 Å². The van der Waals surface area contributed by atoms with Gasteiger partial charge in [0, 0.05) is 5.69 Å². The molecule has 0 radical (unpaired) electrons. The van der Waals surface area contributed by atoms with Crippen molar-refractivity contribution in [3.63, 3.8) is 0 Å². The molecule has 64 valence electrons. The van der Waals surface area contributed by atoms with Crippen molar-refractivity contribution in [1.29, 1.82) is 0 Å². The number of aromatic nitrogens is 1. The highest BCUT2D eigenvalue weighted by molar-refractivity contribution is 6.31. The fourth-order valence-electron chi connectivity index (χ4n) is 0.826. The number of carbonyl (C=O) groups excluding carboxylic acids is 1. The summed E-state index contributed by atoms with van der Waals surface area (Å²) in [4.78, 5) is 12.8. The Morgan fingerprint density at radius 1 is 1.75 bits per heavy atom. The van der Waals surface area contributed by atoms with Crippen LogP contribution in [-0.4, -0.2) is 11.5 Å². The van der Waals surface area contributed by atoms with E-state index >= 15 is 0 Å². The highest BCUT2D eigenvalue weighted by Crippen LogP contribution is 2.18. The first-order valence-corrected chi connectivity index (χ1v) is 3.70. The second kappa shape index (κ2) is 3.97. The van der Waals surface area contributed by atoms with Gasteiger partial charge in [-0.3, -0.25) is 4.79 Å². The first-order valence-electron chi connectivity index (χ1n) is 3.33. The minimum atomic E-state index is 0.163. The van der Waals surface area contributed by atoms with E-state index in [0.29, 0.717) is 17.2 Å². The third kappa shape index (κ3) is 1.89. The summed E-state index contributed by atoms with van der Waals surface area (Å²) in [5.41, 5.74) is 1.49. The summed E-state index contributed by atoms with van der Waals surface area (Å²) in [5.74, 6) is 0. The Kier molecular flexibility index (Phi) is 2.94. The summed E-state index contributed by atoms with van der Waals surface area (Å²) in [6.07, 6.45) is 1.64. The Morgan fingerprint density at radius 3 is 3.00 bits per heavy atom. The fraction of sp³-hybridized carbons (Fsp3) is 0.125. The minimum absolute atomic E-state index is 0.163. The topological polar surface area (TPSA) is 42.1 Å². The van der Waals surface area contributed by atoms with E-state index in [1.165, 1.54) is 0 Å². The standard InChI is InChI=1S/C8H8ClNO2/c1-2-6-3-7(9)8(10-6)4-12-5-11/h2-3,5,10H,1,4H2. The van der Waals surface area contributed by atoms with Crippen LogP contribution in [0.1, 0.15) is 11.4 Å². The molecular weight excluding hydrogens is 178 g/mol. The average molecular weight is 186 g/mol. The quantitative estimate of drug-likeness (QED) is 0.729. The molecule has 0 amide bonds. The summed E-state index contributed by atoms with van der Waals surface area (Å²) in [6.45, 7) is 4.11. The molecule has 0 aliphatic rings. The van der Waals surface area contributed by atoms with Crippen molar-refractivity contribution in [3.8, 4) is 0 Å². The maximum atomic E-state index is 9.87. The van der Waals surface area contributed by atoms with Gasteiger partial charge in [-0.2, -0.15) is 0 Å². The molecule has 0 aliphatic heterocycles. The van der Waals surface area contributed by atoms with Crippen LogP contribution in [0.2, 0.25) is 5.02 Å². The van der Waals surface area contributed by atoms with E-state index in [4.69, 9.17) is 11.6 Å². The number of hydrogen-bond acceptors (Lipinski definition) is 2. The van der Waals surface area contributed by atoms with E-state index in [-0.39, 0.29) is 6.61 Å². The third-order valence-electron chi connectivity index (χ3n) is 1.38. The van der Waals surface area contributed by atoms with Gasteiger partial charge in [0.1, 0.15) is 6.61 Å². The predicted octanol–water partition coefficient (Wildman–Crippen LogP) is 1.98. The highest BCUT2D eigenvalue weighted by atomic mass is 35.5. The zero-order chi connectivity index (χ0) is 8.97. The Labute approximate surface area is 75.0 Å². The molecule has 0 aliphatic carbocycles. The van der Waals surface area contributed by atoms with Gasteiger partial charge in [0.2, 0.25) is 0 Å². The van der Waals surface area contributed by atoms with E-state index in [1.807, 2.05) is 0 Å². The Hall–Kier alpha value is -1.22. The van der Waals surface area contributed by atoms with Gasteiger partial charge in [-0.15, -0.1) is 0 Å². The van der Waals surface area contributed by atoms with Gasteiger partial charge >= 0.3 is 0 Å². The molecule has 0 spiro atoms. The van der Waals surface area contributed by atoms with Crippen molar-refractivity contribution < 1.29 is 9.53 Å². The van der Waals surface area contributed by atoms with E-state index in [1.54, 1.807) is 12.1 Å². The smallest absolute Gasteiger partial charge is 0.293 e. The van der Waals surface area contributed by atoms with Crippen LogP contribution in [0.3, 0.4) is 0 Å². The van der Waals surface area contributed by atoms with Gasteiger partial charge in [-0.25, -0.2) is 0 Å². The maximum absolute atomic E-state index is 9.87. The average Bonchev–Trinajstić information content (AvgIpc) is 2.43. The van der Waals surface area contributed by atoms with E-state index < -0.39 is 0 Å². The first kappa shape index (κ1) is 8.87. The normalized spacial score (nSPS) is 9.42. The number of aromatic amines is 1. The lowest BCUT2D eigenvalue weighted by molar-refractivity contribution is -0.129. The largest absolute Gasteiger partial charge is 0.461 e. The molecule has 1 aromatic heterocycles. The number of H-pyrrole nitrogens is 1. The van der Waals surface area contributed by atoms with Crippen LogP contribution in [-0.2, 0) is 16.1 Å². The molecule has 0 fully saturated rings. The van der Waals surface area contributed by atoms with Crippen molar-refractivity contribution in [2.24, 2.45) is 0 Å². The molecule has 0 unspecified atom stereocenters. The monoisotopic (exact) mass is 185 g/mol.